The lowest BCUT2D eigenvalue weighted by Gasteiger charge is -2.46. The Hall–Kier alpha value is -2.30. The van der Waals surface area contributed by atoms with Gasteiger partial charge in [-0.3, -0.25) is 4.90 Å². The molecule has 2 aliphatic heterocycles. The number of carboxylic acid groups (broad SMARTS) is 1. The van der Waals surface area contributed by atoms with Gasteiger partial charge in [0.1, 0.15) is 11.8 Å². The van der Waals surface area contributed by atoms with Crippen molar-refractivity contribution < 1.29 is 19.4 Å². The maximum atomic E-state index is 11.6. The largest absolute Gasteiger partial charge is 0.495 e. The Morgan fingerprint density at radius 3 is 2.75 bits per heavy atom. The van der Waals surface area contributed by atoms with Gasteiger partial charge in [-0.1, -0.05) is 26.8 Å². The van der Waals surface area contributed by atoms with Gasteiger partial charge in [0.05, 0.1) is 31.4 Å². The zero-order valence-corrected chi connectivity index (χ0v) is 17.1. The molecule has 0 saturated carbocycles. The Morgan fingerprint density at radius 2 is 2.14 bits per heavy atom. The standard InChI is InChI=1S/C21H29N3O4/c1-21(2,3)18-13-23(8-9-24(18)20(25)26)12-17-15-6-5-14(11-22)19(27-4)16(15)7-10-28-17/h5-6,17-18H,7-10,12-13H2,1-4H3,(H,25,26). The minimum absolute atomic E-state index is 0.0719. The van der Waals surface area contributed by atoms with Crippen LogP contribution in [0, 0.1) is 16.7 Å². The van der Waals surface area contributed by atoms with Gasteiger partial charge in [-0.05, 0) is 23.5 Å². The summed E-state index contributed by atoms with van der Waals surface area (Å²) in [6.07, 6.45) is -0.239. The molecular weight excluding hydrogens is 358 g/mol. The van der Waals surface area contributed by atoms with Crippen molar-refractivity contribution >= 4 is 6.09 Å². The highest BCUT2D eigenvalue weighted by atomic mass is 16.5. The zero-order chi connectivity index (χ0) is 20.5. The second-order valence-electron chi connectivity index (χ2n) is 8.55. The van der Waals surface area contributed by atoms with Gasteiger partial charge >= 0.3 is 6.09 Å². The number of methoxy groups -OCH3 is 1. The van der Waals surface area contributed by atoms with E-state index in [1.807, 2.05) is 6.07 Å². The normalized spacial score (nSPS) is 23.0. The van der Waals surface area contributed by atoms with Crippen LogP contribution in [-0.2, 0) is 11.2 Å². The van der Waals surface area contributed by atoms with Crippen LogP contribution in [0.15, 0.2) is 12.1 Å². The van der Waals surface area contributed by atoms with Gasteiger partial charge in [0.25, 0.3) is 0 Å². The topological polar surface area (TPSA) is 86.0 Å². The van der Waals surface area contributed by atoms with E-state index in [1.165, 1.54) is 0 Å². The Kier molecular flexibility index (Phi) is 5.82. The lowest BCUT2D eigenvalue weighted by Crippen LogP contribution is -2.59. The summed E-state index contributed by atoms with van der Waals surface area (Å²) in [4.78, 5) is 15.5. The molecule has 28 heavy (non-hydrogen) atoms. The number of hydrogen-bond acceptors (Lipinski definition) is 5. The molecule has 7 nitrogen and oxygen atoms in total. The molecule has 2 heterocycles. The van der Waals surface area contributed by atoms with E-state index in [9.17, 15) is 15.2 Å². The average Bonchev–Trinajstić information content (AvgIpc) is 2.66. The lowest BCUT2D eigenvalue weighted by molar-refractivity contribution is -0.0211. The van der Waals surface area contributed by atoms with Crippen LogP contribution in [0.1, 0.15) is 43.6 Å². The molecule has 2 aliphatic rings. The molecule has 152 valence electrons. The minimum atomic E-state index is -0.854. The number of piperazine rings is 1. The zero-order valence-electron chi connectivity index (χ0n) is 17.1. The number of hydrogen-bond donors (Lipinski definition) is 1. The number of amides is 1. The second kappa shape index (κ2) is 7.98. The third kappa shape index (κ3) is 3.94. The molecule has 0 aromatic heterocycles. The molecule has 0 radical (unpaired) electrons. The summed E-state index contributed by atoms with van der Waals surface area (Å²) >= 11 is 0. The van der Waals surface area contributed by atoms with Crippen molar-refractivity contribution in [3.63, 3.8) is 0 Å². The summed E-state index contributed by atoms with van der Waals surface area (Å²) in [6, 6.07) is 5.88. The predicted octanol–water partition coefficient (Wildman–Crippen LogP) is 2.89. The lowest BCUT2D eigenvalue weighted by atomic mass is 9.84. The van der Waals surface area contributed by atoms with Gasteiger partial charge in [0.15, 0.2) is 0 Å². The van der Waals surface area contributed by atoms with Crippen molar-refractivity contribution in [2.24, 2.45) is 5.41 Å². The number of ether oxygens (including phenoxy) is 2. The van der Waals surface area contributed by atoms with Crippen LogP contribution < -0.4 is 4.74 Å². The van der Waals surface area contributed by atoms with Crippen LogP contribution in [0.5, 0.6) is 5.75 Å². The number of carbonyl (C=O) groups is 1. The van der Waals surface area contributed by atoms with Crippen molar-refractivity contribution in [3.05, 3.63) is 28.8 Å². The molecule has 2 unspecified atom stereocenters. The smallest absolute Gasteiger partial charge is 0.407 e. The maximum Gasteiger partial charge on any atom is 0.407 e. The molecule has 1 aromatic carbocycles. The van der Waals surface area contributed by atoms with Gasteiger partial charge in [0.2, 0.25) is 0 Å². The minimum Gasteiger partial charge on any atom is -0.495 e. The van der Waals surface area contributed by atoms with Gasteiger partial charge < -0.3 is 19.5 Å². The fourth-order valence-electron chi connectivity index (χ4n) is 4.28. The van der Waals surface area contributed by atoms with E-state index in [0.717, 1.165) is 17.5 Å². The summed E-state index contributed by atoms with van der Waals surface area (Å²) in [5.41, 5.74) is 2.52. The van der Waals surface area contributed by atoms with Gasteiger partial charge in [-0.15, -0.1) is 0 Å². The first-order valence-electron chi connectivity index (χ1n) is 9.69. The van der Waals surface area contributed by atoms with E-state index in [-0.39, 0.29) is 17.6 Å². The molecule has 0 spiro atoms. The van der Waals surface area contributed by atoms with E-state index >= 15 is 0 Å². The van der Waals surface area contributed by atoms with Crippen molar-refractivity contribution in [1.82, 2.24) is 9.80 Å². The number of nitriles is 1. The summed E-state index contributed by atoms with van der Waals surface area (Å²) in [5, 5.41) is 18.9. The van der Waals surface area contributed by atoms with E-state index < -0.39 is 6.09 Å². The molecular formula is C21H29N3O4. The number of benzene rings is 1. The first-order chi connectivity index (χ1) is 13.3. The molecule has 1 N–H and O–H groups in total. The highest BCUT2D eigenvalue weighted by molar-refractivity contribution is 5.65. The van der Waals surface area contributed by atoms with Crippen molar-refractivity contribution in [2.45, 2.75) is 39.3 Å². The van der Waals surface area contributed by atoms with E-state index in [2.05, 4.69) is 31.7 Å². The molecule has 0 aliphatic carbocycles. The van der Waals surface area contributed by atoms with Gasteiger partial charge in [-0.2, -0.15) is 5.26 Å². The second-order valence-corrected chi connectivity index (χ2v) is 8.55. The SMILES string of the molecule is COc1c(C#N)ccc2c1CCOC2CN1CCN(C(=O)O)C(C(C)(C)C)C1. The summed E-state index contributed by atoms with van der Waals surface area (Å²) < 4.78 is 11.6. The molecule has 0 bridgehead atoms. The highest BCUT2D eigenvalue weighted by Crippen LogP contribution is 2.37. The fraction of sp³-hybridized carbons (Fsp3) is 0.619. The maximum absolute atomic E-state index is 11.6. The predicted molar refractivity (Wildman–Crippen MR) is 105 cm³/mol. The van der Waals surface area contributed by atoms with Gasteiger partial charge in [-0.25, -0.2) is 4.79 Å². The fourth-order valence-corrected chi connectivity index (χ4v) is 4.28. The third-order valence-electron chi connectivity index (χ3n) is 5.77. The summed E-state index contributed by atoms with van der Waals surface area (Å²) in [5.74, 6) is 0.650. The van der Waals surface area contributed by atoms with Crippen LogP contribution in [0.2, 0.25) is 0 Å². The van der Waals surface area contributed by atoms with Crippen molar-refractivity contribution in [1.29, 1.82) is 5.26 Å². The van der Waals surface area contributed by atoms with Crippen LogP contribution in [0.4, 0.5) is 4.79 Å². The Balaban J connectivity index is 1.81. The first kappa shape index (κ1) is 20.4. The Labute approximate surface area is 166 Å². The quantitative estimate of drug-likeness (QED) is 0.858. The summed E-state index contributed by atoms with van der Waals surface area (Å²) in [7, 11) is 1.60. The molecule has 1 amide bonds. The third-order valence-corrected chi connectivity index (χ3v) is 5.77. The molecule has 3 rings (SSSR count). The molecule has 1 saturated heterocycles. The highest BCUT2D eigenvalue weighted by Gasteiger charge is 2.39. The monoisotopic (exact) mass is 387 g/mol. The number of nitrogens with zero attached hydrogens (tertiary/aromatic N) is 3. The van der Waals surface area contributed by atoms with Crippen molar-refractivity contribution in [2.75, 3.05) is 39.9 Å². The van der Waals surface area contributed by atoms with E-state index in [4.69, 9.17) is 9.47 Å². The molecule has 2 atom stereocenters. The van der Waals surface area contributed by atoms with E-state index in [0.29, 0.717) is 44.1 Å². The first-order valence-corrected chi connectivity index (χ1v) is 9.69. The van der Waals surface area contributed by atoms with Crippen LogP contribution >= 0.6 is 0 Å². The molecule has 1 fully saturated rings. The van der Waals surface area contributed by atoms with Gasteiger partial charge in [0, 0.05) is 31.7 Å². The Morgan fingerprint density at radius 1 is 1.39 bits per heavy atom. The van der Waals surface area contributed by atoms with Crippen LogP contribution in [-0.4, -0.2) is 66.9 Å². The Bertz CT molecular complexity index is 781. The van der Waals surface area contributed by atoms with Crippen LogP contribution in [0.25, 0.3) is 0 Å². The van der Waals surface area contributed by atoms with E-state index in [1.54, 1.807) is 18.1 Å². The average molecular weight is 387 g/mol. The summed E-state index contributed by atoms with van der Waals surface area (Å²) in [6.45, 7) is 9.38. The molecule has 1 aromatic rings. The molecule has 7 heteroatoms. The number of rotatable bonds is 3. The number of fused-ring (bicyclic) bond motifs is 1. The van der Waals surface area contributed by atoms with Crippen molar-refractivity contribution in [3.8, 4) is 11.8 Å². The van der Waals surface area contributed by atoms with Crippen LogP contribution in [0.3, 0.4) is 0 Å².